The van der Waals surface area contributed by atoms with Crippen molar-refractivity contribution in [3.8, 4) is 5.75 Å². The van der Waals surface area contributed by atoms with Gasteiger partial charge in [-0.25, -0.2) is 0 Å². The second kappa shape index (κ2) is 8.86. The van der Waals surface area contributed by atoms with Gasteiger partial charge in [0.2, 0.25) is 5.91 Å². The van der Waals surface area contributed by atoms with E-state index in [0.29, 0.717) is 6.61 Å². The van der Waals surface area contributed by atoms with Gasteiger partial charge in [-0.3, -0.25) is 4.79 Å². The number of carbonyl (C=O) groups excluding carboxylic acids is 1. The van der Waals surface area contributed by atoms with E-state index in [-0.39, 0.29) is 5.91 Å². The summed E-state index contributed by atoms with van der Waals surface area (Å²) in [6, 6.07) is 23.6. The van der Waals surface area contributed by atoms with E-state index in [4.69, 9.17) is 4.74 Å². The van der Waals surface area contributed by atoms with Crippen molar-refractivity contribution in [3.63, 3.8) is 0 Å². The topological polar surface area (TPSA) is 38.3 Å². The number of amides is 1. The molecular formula is C24H23NO2. The Morgan fingerprint density at radius 2 is 1.74 bits per heavy atom. The highest BCUT2D eigenvalue weighted by molar-refractivity contribution is 6.02. The monoisotopic (exact) mass is 357 g/mol. The van der Waals surface area contributed by atoms with Crippen molar-refractivity contribution < 1.29 is 9.53 Å². The highest BCUT2D eigenvalue weighted by Gasteiger charge is 2.03. The molecule has 0 aliphatic heterocycles. The molecular weight excluding hydrogens is 334 g/mol. The van der Waals surface area contributed by atoms with Gasteiger partial charge in [-0.05, 0) is 60.4 Å². The molecule has 0 fully saturated rings. The third-order valence-electron chi connectivity index (χ3n) is 4.40. The molecule has 3 heteroatoms. The summed E-state index contributed by atoms with van der Waals surface area (Å²) in [5, 5.41) is 2.93. The van der Waals surface area contributed by atoms with Crippen LogP contribution in [0.5, 0.6) is 5.75 Å². The van der Waals surface area contributed by atoms with E-state index in [2.05, 4.69) is 5.32 Å². The first kappa shape index (κ1) is 18.5. The zero-order valence-electron chi connectivity index (χ0n) is 15.6. The number of carbonyl (C=O) groups is 1. The SMILES string of the molecule is Cc1cccc(NC(=O)/C=C/c2cccc(OCc3ccccc3)c2)c1C. The first-order chi connectivity index (χ1) is 13.1. The number of benzene rings is 3. The van der Waals surface area contributed by atoms with Crippen molar-refractivity contribution in [3.05, 3.63) is 101 Å². The lowest BCUT2D eigenvalue weighted by Gasteiger charge is -2.08. The molecule has 0 radical (unpaired) electrons. The quantitative estimate of drug-likeness (QED) is 0.589. The third-order valence-corrected chi connectivity index (χ3v) is 4.40. The van der Waals surface area contributed by atoms with Crippen LogP contribution in [0.1, 0.15) is 22.3 Å². The van der Waals surface area contributed by atoms with Crippen LogP contribution in [-0.4, -0.2) is 5.91 Å². The maximum Gasteiger partial charge on any atom is 0.248 e. The zero-order chi connectivity index (χ0) is 19.1. The molecule has 3 aromatic carbocycles. The maximum atomic E-state index is 12.2. The molecule has 0 unspecified atom stereocenters. The molecule has 0 saturated carbocycles. The lowest BCUT2D eigenvalue weighted by atomic mass is 10.1. The lowest BCUT2D eigenvalue weighted by molar-refractivity contribution is -0.111. The Morgan fingerprint density at radius 1 is 0.963 bits per heavy atom. The van der Waals surface area contributed by atoms with Crippen molar-refractivity contribution in [1.82, 2.24) is 0 Å². The van der Waals surface area contributed by atoms with E-state index in [9.17, 15) is 4.79 Å². The molecule has 0 aliphatic rings. The van der Waals surface area contributed by atoms with Gasteiger partial charge in [0.1, 0.15) is 12.4 Å². The average Bonchev–Trinajstić information content (AvgIpc) is 2.69. The number of hydrogen-bond donors (Lipinski definition) is 1. The molecule has 1 N–H and O–H groups in total. The Morgan fingerprint density at radius 3 is 2.56 bits per heavy atom. The van der Waals surface area contributed by atoms with Crippen LogP contribution in [0.15, 0.2) is 78.9 Å². The number of nitrogens with one attached hydrogen (secondary N) is 1. The summed E-state index contributed by atoms with van der Waals surface area (Å²) in [5.74, 6) is 0.621. The molecule has 1 amide bonds. The van der Waals surface area contributed by atoms with Gasteiger partial charge >= 0.3 is 0 Å². The first-order valence-corrected chi connectivity index (χ1v) is 8.94. The number of aryl methyl sites for hydroxylation is 1. The lowest BCUT2D eigenvalue weighted by Crippen LogP contribution is -2.09. The normalized spacial score (nSPS) is 10.7. The summed E-state index contributed by atoms with van der Waals surface area (Å²) in [7, 11) is 0. The number of hydrogen-bond acceptors (Lipinski definition) is 2. The molecule has 136 valence electrons. The predicted molar refractivity (Wildman–Crippen MR) is 111 cm³/mol. The summed E-state index contributed by atoms with van der Waals surface area (Å²) < 4.78 is 5.83. The van der Waals surface area contributed by atoms with Gasteiger partial charge in [0.15, 0.2) is 0 Å². The molecule has 0 bridgehead atoms. The van der Waals surface area contributed by atoms with Crippen molar-refractivity contribution in [1.29, 1.82) is 0 Å². The second-order valence-electron chi connectivity index (χ2n) is 6.42. The van der Waals surface area contributed by atoms with Crippen LogP contribution in [0.25, 0.3) is 6.08 Å². The molecule has 27 heavy (non-hydrogen) atoms. The Balaban J connectivity index is 1.61. The van der Waals surface area contributed by atoms with Crippen molar-refractivity contribution in [2.45, 2.75) is 20.5 Å². The minimum Gasteiger partial charge on any atom is -0.489 e. The van der Waals surface area contributed by atoms with Crippen LogP contribution in [0, 0.1) is 13.8 Å². The van der Waals surface area contributed by atoms with E-state index in [1.165, 1.54) is 6.08 Å². The van der Waals surface area contributed by atoms with Crippen LogP contribution in [0.3, 0.4) is 0 Å². The van der Waals surface area contributed by atoms with Gasteiger partial charge in [-0.1, -0.05) is 54.6 Å². The van der Waals surface area contributed by atoms with Crippen LogP contribution in [-0.2, 0) is 11.4 Å². The summed E-state index contributed by atoms with van der Waals surface area (Å²) in [6.07, 6.45) is 3.33. The number of ether oxygens (including phenoxy) is 1. The van der Waals surface area contributed by atoms with Crippen molar-refractivity contribution in [2.75, 3.05) is 5.32 Å². The van der Waals surface area contributed by atoms with Gasteiger partial charge in [-0.15, -0.1) is 0 Å². The fourth-order valence-corrected chi connectivity index (χ4v) is 2.68. The van der Waals surface area contributed by atoms with Crippen LogP contribution >= 0.6 is 0 Å². The molecule has 3 nitrogen and oxygen atoms in total. The molecule has 0 atom stereocenters. The molecule has 0 aromatic heterocycles. The molecule has 0 heterocycles. The van der Waals surface area contributed by atoms with Crippen LogP contribution in [0.2, 0.25) is 0 Å². The highest BCUT2D eigenvalue weighted by Crippen LogP contribution is 2.19. The fourth-order valence-electron chi connectivity index (χ4n) is 2.68. The standard InChI is InChI=1S/C24H23NO2/c1-18-8-6-13-23(19(18)2)25-24(26)15-14-20-11-7-12-22(16-20)27-17-21-9-4-3-5-10-21/h3-16H,17H2,1-2H3,(H,25,26)/b15-14+. The summed E-state index contributed by atoms with van der Waals surface area (Å²) in [5.41, 5.74) is 5.10. The van der Waals surface area contributed by atoms with E-state index < -0.39 is 0 Å². The van der Waals surface area contributed by atoms with Crippen LogP contribution < -0.4 is 10.1 Å². The fraction of sp³-hybridized carbons (Fsp3) is 0.125. The minimum absolute atomic E-state index is 0.153. The summed E-state index contributed by atoms with van der Waals surface area (Å²) in [6.45, 7) is 4.55. The zero-order valence-corrected chi connectivity index (χ0v) is 15.6. The van der Waals surface area contributed by atoms with Gasteiger partial charge in [0, 0.05) is 11.8 Å². The van der Waals surface area contributed by atoms with Crippen molar-refractivity contribution in [2.24, 2.45) is 0 Å². The highest BCUT2D eigenvalue weighted by atomic mass is 16.5. The smallest absolute Gasteiger partial charge is 0.248 e. The minimum atomic E-state index is -0.153. The molecule has 0 aliphatic carbocycles. The molecule has 0 spiro atoms. The van der Waals surface area contributed by atoms with E-state index >= 15 is 0 Å². The number of rotatable bonds is 6. The predicted octanol–water partition coefficient (Wildman–Crippen LogP) is 5.53. The summed E-state index contributed by atoms with van der Waals surface area (Å²) >= 11 is 0. The largest absolute Gasteiger partial charge is 0.489 e. The van der Waals surface area contributed by atoms with Gasteiger partial charge in [0.05, 0.1) is 0 Å². The van der Waals surface area contributed by atoms with Gasteiger partial charge < -0.3 is 10.1 Å². The summed E-state index contributed by atoms with van der Waals surface area (Å²) in [4.78, 5) is 12.2. The Kier molecular flexibility index (Phi) is 6.06. The Labute approximate surface area is 160 Å². The third kappa shape index (κ3) is 5.32. The van der Waals surface area contributed by atoms with E-state index in [0.717, 1.165) is 33.7 Å². The van der Waals surface area contributed by atoms with E-state index in [1.54, 1.807) is 6.08 Å². The molecule has 0 saturated heterocycles. The Bertz CT molecular complexity index is 946. The van der Waals surface area contributed by atoms with Crippen LogP contribution in [0.4, 0.5) is 5.69 Å². The van der Waals surface area contributed by atoms with Gasteiger partial charge in [0.25, 0.3) is 0 Å². The second-order valence-corrected chi connectivity index (χ2v) is 6.42. The van der Waals surface area contributed by atoms with Crippen molar-refractivity contribution >= 4 is 17.7 Å². The molecule has 3 rings (SSSR count). The Hall–Kier alpha value is -3.33. The van der Waals surface area contributed by atoms with Gasteiger partial charge in [-0.2, -0.15) is 0 Å². The average molecular weight is 357 g/mol. The molecule has 3 aromatic rings. The number of anilines is 1. The maximum absolute atomic E-state index is 12.2. The van der Waals surface area contributed by atoms with E-state index in [1.807, 2.05) is 86.6 Å². The first-order valence-electron chi connectivity index (χ1n) is 8.94.